The maximum atomic E-state index is 5.86. The second kappa shape index (κ2) is 3.10. The van der Waals surface area contributed by atoms with Crippen molar-refractivity contribution < 1.29 is 0 Å². The van der Waals surface area contributed by atoms with Crippen LogP contribution in [0.5, 0.6) is 0 Å². The molecule has 1 aromatic carbocycles. The minimum atomic E-state index is 0.541. The lowest BCUT2D eigenvalue weighted by Gasteiger charge is -1.97. The Bertz CT molecular complexity index is 649. The highest BCUT2D eigenvalue weighted by Crippen LogP contribution is 2.22. The van der Waals surface area contributed by atoms with E-state index in [9.17, 15) is 0 Å². The average Bonchev–Trinajstić information content (AvgIpc) is 2.84. The van der Waals surface area contributed by atoms with Crippen LogP contribution in [0.4, 0.5) is 5.82 Å². The van der Waals surface area contributed by atoms with Crippen molar-refractivity contribution in [1.82, 2.24) is 19.6 Å². The number of hydrogen-bond acceptors (Lipinski definition) is 3. The van der Waals surface area contributed by atoms with Gasteiger partial charge >= 0.3 is 0 Å². The normalized spacial score (nSPS) is 11.1. The van der Waals surface area contributed by atoms with E-state index in [1.54, 1.807) is 15.6 Å². The van der Waals surface area contributed by atoms with Gasteiger partial charge in [0.15, 0.2) is 5.82 Å². The van der Waals surface area contributed by atoms with E-state index in [0.29, 0.717) is 5.82 Å². The molecule has 0 unspecified atom stereocenters. The van der Waals surface area contributed by atoms with E-state index in [1.807, 2.05) is 37.5 Å². The number of hydrogen-bond donors (Lipinski definition) is 1. The SMILES string of the molecule is Cn1cc(-n2nc(N)c3ccccc32)cn1. The number of nitrogens with two attached hydrogens (primary N) is 1. The monoisotopic (exact) mass is 213 g/mol. The number of benzene rings is 1. The number of nitrogens with zero attached hydrogens (tertiary/aromatic N) is 4. The van der Waals surface area contributed by atoms with Crippen LogP contribution in [-0.2, 0) is 7.05 Å². The predicted octanol–water partition coefficient (Wildman–Crippen LogP) is 1.34. The van der Waals surface area contributed by atoms with Crippen molar-refractivity contribution in [1.29, 1.82) is 0 Å². The number of anilines is 1. The van der Waals surface area contributed by atoms with Gasteiger partial charge in [0.2, 0.25) is 0 Å². The molecule has 16 heavy (non-hydrogen) atoms. The molecule has 3 aromatic rings. The molecule has 2 heterocycles. The zero-order valence-electron chi connectivity index (χ0n) is 8.83. The first-order valence-electron chi connectivity index (χ1n) is 4.98. The fourth-order valence-electron chi connectivity index (χ4n) is 1.80. The summed E-state index contributed by atoms with van der Waals surface area (Å²) in [6.07, 6.45) is 3.66. The van der Waals surface area contributed by atoms with Gasteiger partial charge < -0.3 is 5.73 Å². The Morgan fingerprint density at radius 3 is 2.81 bits per heavy atom. The molecule has 0 aliphatic carbocycles. The predicted molar refractivity (Wildman–Crippen MR) is 62.2 cm³/mol. The second-order valence-electron chi connectivity index (χ2n) is 3.69. The lowest BCUT2D eigenvalue weighted by Crippen LogP contribution is -1.95. The van der Waals surface area contributed by atoms with Crippen molar-refractivity contribution in [2.24, 2.45) is 7.05 Å². The molecule has 80 valence electrons. The molecule has 0 saturated heterocycles. The Balaban J connectivity index is 2.32. The third-order valence-corrected chi connectivity index (χ3v) is 2.55. The standard InChI is InChI=1S/C11H11N5/c1-15-7-8(6-13-15)16-10-5-3-2-4-9(10)11(12)14-16/h2-7H,1H3,(H2,12,14). The molecule has 0 fully saturated rings. The van der Waals surface area contributed by atoms with Crippen LogP contribution in [0, 0.1) is 0 Å². The second-order valence-corrected chi connectivity index (χ2v) is 3.69. The number of rotatable bonds is 1. The van der Waals surface area contributed by atoms with Gasteiger partial charge in [-0.2, -0.15) is 5.10 Å². The Hall–Kier alpha value is -2.30. The molecule has 0 atom stereocenters. The maximum Gasteiger partial charge on any atom is 0.153 e. The lowest BCUT2D eigenvalue weighted by molar-refractivity contribution is 0.766. The zero-order valence-corrected chi connectivity index (χ0v) is 8.83. The number of nitrogen functional groups attached to an aromatic ring is 1. The van der Waals surface area contributed by atoms with Gasteiger partial charge in [-0.1, -0.05) is 12.1 Å². The lowest BCUT2D eigenvalue weighted by atomic mass is 10.2. The quantitative estimate of drug-likeness (QED) is 0.663. The van der Waals surface area contributed by atoms with Gasteiger partial charge in [0.25, 0.3) is 0 Å². The molecular weight excluding hydrogens is 202 g/mol. The number of fused-ring (bicyclic) bond motifs is 1. The van der Waals surface area contributed by atoms with E-state index in [-0.39, 0.29) is 0 Å². The largest absolute Gasteiger partial charge is 0.382 e. The van der Waals surface area contributed by atoms with E-state index in [2.05, 4.69) is 10.2 Å². The van der Waals surface area contributed by atoms with Crippen molar-refractivity contribution in [3.8, 4) is 5.69 Å². The first-order valence-corrected chi connectivity index (χ1v) is 4.98. The highest BCUT2D eigenvalue weighted by Gasteiger charge is 2.09. The van der Waals surface area contributed by atoms with Gasteiger partial charge in [0.05, 0.1) is 17.9 Å². The van der Waals surface area contributed by atoms with Gasteiger partial charge in [-0.3, -0.25) is 4.68 Å². The third kappa shape index (κ3) is 1.18. The number of para-hydroxylation sites is 1. The minimum Gasteiger partial charge on any atom is -0.382 e. The first kappa shape index (κ1) is 8.96. The Morgan fingerprint density at radius 2 is 2.06 bits per heavy atom. The number of aryl methyl sites for hydroxylation is 1. The van der Waals surface area contributed by atoms with E-state index >= 15 is 0 Å². The van der Waals surface area contributed by atoms with Crippen molar-refractivity contribution in [3.63, 3.8) is 0 Å². The molecule has 0 amide bonds. The molecule has 5 nitrogen and oxygen atoms in total. The summed E-state index contributed by atoms with van der Waals surface area (Å²) in [5.74, 6) is 0.541. The van der Waals surface area contributed by atoms with Gasteiger partial charge in [-0.05, 0) is 12.1 Å². The Labute approximate surface area is 92.1 Å². The molecule has 2 aromatic heterocycles. The summed E-state index contributed by atoms with van der Waals surface area (Å²) in [6, 6.07) is 7.88. The summed E-state index contributed by atoms with van der Waals surface area (Å²) in [5.41, 5.74) is 7.77. The topological polar surface area (TPSA) is 61.7 Å². The molecule has 0 aliphatic rings. The summed E-state index contributed by atoms with van der Waals surface area (Å²) in [6.45, 7) is 0. The first-order chi connectivity index (χ1) is 7.75. The van der Waals surface area contributed by atoms with Crippen molar-refractivity contribution in [2.75, 3.05) is 5.73 Å². The average molecular weight is 213 g/mol. The highest BCUT2D eigenvalue weighted by atomic mass is 15.3. The smallest absolute Gasteiger partial charge is 0.153 e. The summed E-state index contributed by atoms with van der Waals surface area (Å²) in [7, 11) is 1.87. The summed E-state index contributed by atoms with van der Waals surface area (Å²) in [4.78, 5) is 0. The summed E-state index contributed by atoms with van der Waals surface area (Å²) >= 11 is 0. The molecule has 2 N–H and O–H groups in total. The van der Waals surface area contributed by atoms with Gasteiger partial charge in [-0.25, -0.2) is 4.68 Å². The Morgan fingerprint density at radius 1 is 1.25 bits per heavy atom. The summed E-state index contributed by atoms with van der Waals surface area (Å²) in [5, 5.41) is 9.40. The molecular formula is C11H11N5. The fraction of sp³-hybridized carbons (Fsp3) is 0.0909. The molecule has 0 saturated carbocycles. The molecule has 3 rings (SSSR count). The van der Waals surface area contributed by atoms with Gasteiger partial charge in [-0.15, -0.1) is 5.10 Å². The zero-order chi connectivity index (χ0) is 11.1. The van der Waals surface area contributed by atoms with Crippen LogP contribution in [0.1, 0.15) is 0 Å². The molecule has 0 bridgehead atoms. The van der Waals surface area contributed by atoms with Gasteiger partial charge in [0.1, 0.15) is 5.69 Å². The molecule has 0 spiro atoms. The minimum absolute atomic E-state index is 0.541. The van der Waals surface area contributed by atoms with E-state index < -0.39 is 0 Å². The van der Waals surface area contributed by atoms with E-state index in [1.165, 1.54) is 0 Å². The van der Waals surface area contributed by atoms with Crippen molar-refractivity contribution >= 4 is 16.7 Å². The van der Waals surface area contributed by atoms with Crippen molar-refractivity contribution in [2.45, 2.75) is 0 Å². The van der Waals surface area contributed by atoms with Crippen LogP contribution >= 0.6 is 0 Å². The third-order valence-electron chi connectivity index (χ3n) is 2.55. The van der Waals surface area contributed by atoms with Crippen LogP contribution in [0.2, 0.25) is 0 Å². The van der Waals surface area contributed by atoms with E-state index in [0.717, 1.165) is 16.6 Å². The summed E-state index contributed by atoms with van der Waals surface area (Å²) < 4.78 is 3.54. The Kier molecular flexibility index (Phi) is 1.73. The molecule has 0 aliphatic heterocycles. The van der Waals surface area contributed by atoms with E-state index in [4.69, 9.17) is 5.73 Å². The van der Waals surface area contributed by atoms with Crippen LogP contribution in [0.25, 0.3) is 16.6 Å². The van der Waals surface area contributed by atoms with Crippen LogP contribution in [0.3, 0.4) is 0 Å². The number of aromatic nitrogens is 4. The van der Waals surface area contributed by atoms with Crippen LogP contribution < -0.4 is 5.73 Å². The van der Waals surface area contributed by atoms with Crippen LogP contribution in [-0.4, -0.2) is 19.6 Å². The van der Waals surface area contributed by atoms with Crippen LogP contribution in [0.15, 0.2) is 36.7 Å². The molecule has 5 heteroatoms. The van der Waals surface area contributed by atoms with Gasteiger partial charge in [0, 0.05) is 12.4 Å². The highest BCUT2D eigenvalue weighted by molar-refractivity contribution is 5.90. The molecule has 0 radical (unpaired) electrons. The maximum absolute atomic E-state index is 5.86. The fourth-order valence-corrected chi connectivity index (χ4v) is 1.80. The van der Waals surface area contributed by atoms with Crippen molar-refractivity contribution in [3.05, 3.63) is 36.7 Å².